The summed E-state index contributed by atoms with van der Waals surface area (Å²) >= 11 is 0.777. The molecule has 0 radical (unpaired) electrons. The largest absolute Gasteiger partial charge is 0.385 e. The van der Waals surface area contributed by atoms with Crippen molar-refractivity contribution < 1.29 is 13.3 Å². The van der Waals surface area contributed by atoms with Crippen molar-refractivity contribution in [3.8, 4) is 0 Å². The van der Waals surface area contributed by atoms with Gasteiger partial charge in [0.15, 0.2) is 5.00 Å². The maximum Gasteiger partial charge on any atom is 0.304 e. The SMILES string of the molecule is Nc1sc(S(=O)(=O)N(CC2CC2)C2CC2)cc1[N+](=O)[O-]. The number of nitrogens with two attached hydrogens (primary N) is 1. The van der Waals surface area contributed by atoms with E-state index in [4.69, 9.17) is 5.73 Å². The third-order valence-corrected chi connectivity index (χ3v) is 6.89. The van der Waals surface area contributed by atoms with Gasteiger partial charge in [0.2, 0.25) is 0 Å². The monoisotopic (exact) mass is 317 g/mol. The van der Waals surface area contributed by atoms with E-state index in [9.17, 15) is 18.5 Å². The number of rotatable bonds is 6. The van der Waals surface area contributed by atoms with Crippen LogP contribution in [0.25, 0.3) is 0 Å². The van der Waals surface area contributed by atoms with Crippen molar-refractivity contribution in [1.82, 2.24) is 4.31 Å². The molecule has 0 unspecified atom stereocenters. The first-order valence-electron chi connectivity index (χ1n) is 6.45. The predicted octanol–water partition coefficient (Wildman–Crippen LogP) is 1.80. The van der Waals surface area contributed by atoms with E-state index in [1.54, 1.807) is 0 Å². The molecule has 2 N–H and O–H groups in total. The number of thiophene rings is 1. The summed E-state index contributed by atoms with van der Waals surface area (Å²) in [6, 6.07) is 1.14. The molecule has 3 rings (SSSR count). The van der Waals surface area contributed by atoms with Crippen LogP contribution in [0, 0.1) is 16.0 Å². The van der Waals surface area contributed by atoms with E-state index in [2.05, 4.69) is 0 Å². The number of sulfonamides is 1. The molecule has 9 heteroatoms. The van der Waals surface area contributed by atoms with Crippen LogP contribution in [-0.4, -0.2) is 30.2 Å². The summed E-state index contributed by atoms with van der Waals surface area (Å²) in [7, 11) is -3.66. The van der Waals surface area contributed by atoms with Crippen molar-refractivity contribution >= 4 is 32.0 Å². The van der Waals surface area contributed by atoms with E-state index in [1.807, 2.05) is 0 Å². The molecule has 0 spiro atoms. The Morgan fingerprint density at radius 1 is 1.40 bits per heavy atom. The molecule has 0 aromatic carbocycles. The van der Waals surface area contributed by atoms with Crippen LogP contribution in [0.3, 0.4) is 0 Å². The molecule has 2 saturated carbocycles. The van der Waals surface area contributed by atoms with Crippen LogP contribution in [0.1, 0.15) is 25.7 Å². The Labute approximate surface area is 120 Å². The molecule has 1 heterocycles. The molecule has 0 atom stereocenters. The molecule has 0 amide bonds. The Bertz CT molecular complexity index is 647. The molecule has 0 aliphatic heterocycles. The van der Waals surface area contributed by atoms with E-state index in [0.717, 1.165) is 43.1 Å². The van der Waals surface area contributed by atoms with Crippen LogP contribution in [0.2, 0.25) is 0 Å². The Balaban J connectivity index is 1.92. The van der Waals surface area contributed by atoms with Crippen molar-refractivity contribution in [3.63, 3.8) is 0 Å². The van der Waals surface area contributed by atoms with E-state index in [-0.39, 0.29) is 20.9 Å². The number of nitrogens with zero attached hydrogens (tertiary/aromatic N) is 2. The van der Waals surface area contributed by atoms with Crippen LogP contribution >= 0.6 is 11.3 Å². The lowest BCUT2D eigenvalue weighted by atomic mass is 10.4. The molecule has 2 aliphatic carbocycles. The summed E-state index contributed by atoms with van der Waals surface area (Å²) in [6.07, 6.45) is 3.86. The average Bonchev–Trinajstić information content (AvgIpc) is 3.25. The van der Waals surface area contributed by atoms with Gasteiger partial charge in [0.25, 0.3) is 10.0 Å². The van der Waals surface area contributed by atoms with Crippen LogP contribution in [0.4, 0.5) is 10.7 Å². The minimum atomic E-state index is -3.66. The summed E-state index contributed by atoms with van der Waals surface area (Å²) in [5, 5.41) is 10.7. The molecule has 1 aromatic heterocycles. The Kier molecular flexibility index (Phi) is 3.22. The maximum absolute atomic E-state index is 12.6. The van der Waals surface area contributed by atoms with Crippen molar-refractivity contribution in [2.75, 3.05) is 12.3 Å². The molecule has 7 nitrogen and oxygen atoms in total. The fraction of sp³-hybridized carbons (Fsp3) is 0.636. The number of nitro groups is 1. The zero-order chi connectivity index (χ0) is 14.5. The molecule has 20 heavy (non-hydrogen) atoms. The first-order valence-corrected chi connectivity index (χ1v) is 8.71. The highest BCUT2D eigenvalue weighted by Crippen LogP contribution is 2.41. The molecule has 0 bridgehead atoms. The van der Waals surface area contributed by atoms with E-state index >= 15 is 0 Å². The van der Waals surface area contributed by atoms with Gasteiger partial charge in [-0.3, -0.25) is 10.1 Å². The predicted molar refractivity (Wildman–Crippen MR) is 75.0 cm³/mol. The zero-order valence-corrected chi connectivity index (χ0v) is 12.3. The highest BCUT2D eigenvalue weighted by Gasteiger charge is 2.42. The quantitative estimate of drug-likeness (QED) is 0.636. The molecule has 1 aromatic rings. The number of nitrogen functional groups attached to an aromatic ring is 1. The Morgan fingerprint density at radius 3 is 2.50 bits per heavy atom. The van der Waals surface area contributed by atoms with Crippen molar-refractivity contribution in [3.05, 3.63) is 16.2 Å². The second kappa shape index (κ2) is 4.68. The van der Waals surface area contributed by atoms with Gasteiger partial charge in [-0.15, -0.1) is 0 Å². The fourth-order valence-corrected chi connectivity index (χ4v) is 5.22. The second-order valence-electron chi connectivity index (χ2n) is 5.32. The summed E-state index contributed by atoms with van der Waals surface area (Å²) in [4.78, 5) is 10.1. The van der Waals surface area contributed by atoms with Gasteiger partial charge < -0.3 is 5.73 Å². The highest BCUT2D eigenvalue weighted by molar-refractivity contribution is 7.91. The van der Waals surface area contributed by atoms with Crippen molar-refractivity contribution in [2.24, 2.45) is 5.92 Å². The number of anilines is 1. The minimum absolute atomic E-state index is 0.0192. The molecular weight excluding hydrogens is 302 g/mol. The lowest BCUT2D eigenvalue weighted by Gasteiger charge is -2.20. The second-order valence-corrected chi connectivity index (χ2v) is 8.52. The lowest BCUT2D eigenvalue weighted by molar-refractivity contribution is -0.383. The average molecular weight is 317 g/mol. The first-order chi connectivity index (χ1) is 9.39. The standard InChI is InChI=1S/C11H15N3O4S2/c12-11-9(14(15)16)5-10(19-11)20(17,18)13(8-3-4-8)6-7-1-2-7/h5,7-8H,1-4,6,12H2. The zero-order valence-electron chi connectivity index (χ0n) is 10.7. The van der Waals surface area contributed by atoms with Crippen molar-refractivity contribution in [1.29, 1.82) is 0 Å². The van der Waals surface area contributed by atoms with Gasteiger partial charge in [0.1, 0.15) is 4.21 Å². The number of hydrogen-bond acceptors (Lipinski definition) is 6. The van der Waals surface area contributed by atoms with Gasteiger partial charge in [-0.25, -0.2) is 8.42 Å². The van der Waals surface area contributed by atoms with Crippen LogP contribution in [-0.2, 0) is 10.0 Å². The molecular formula is C11H15N3O4S2. The van der Waals surface area contributed by atoms with E-state index in [1.165, 1.54) is 4.31 Å². The first kappa shape index (κ1) is 13.8. The summed E-state index contributed by atoms with van der Waals surface area (Å²) in [5.74, 6) is 0.442. The van der Waals surface area contributed by atoms with Crippen LogP contribution in [0.15, 0.2) is 10.3 Å². The molecule has 110 valence electrons. The number of hydrogen-bond donors (Lipinski definition) is 1. The van der Waals surface area contributed by atoms with Gasteiger partial charge in [-0.1, -0.05) is 11.3 Å². The summed E-state index contributed by atoms with van der Waals surface area (Å²) in [5.41, 5.74) is 5.21. The minimum Gasteiger partial charge on any atom is -0.385 e. The molecule has 2 fully saturated rings. The van der Waals surface area contributed by atoms with Crippen molar-refractivity contribution in [2.45, 2.75) is 35.9 Å². The lowest BCUT2D eigenvalue weighted by Crippen LogP contribution is -2.34. The Hall–Kier alpha value is -1.19. The smallest absolute Gasteiger partial charge is 0.304 e. The van der Waals surface area contributed by atoms with Crippen LogP contribution in [0.5, 0.6) is 0 Å². The third-order valence-electron chi connectivity index (χ3n) is 3.57. The van der Waals surface area contributed by atoms with Crippen LogP contribution < -0.4 is 5.73 Å². The third kappa shape index (κ3) is 2.52. The topological polar surface area (TPSA) is 107 Å². The maximum atomic E-state index is 12.6. The summed E-state index contributed by atoms with van der Waals surface area (Å²) < 4.78 is 26.7. The normalized spacial score (nSPS) is 19.4. The van der Waals surface area contributed by atoms with Gasteiger partial charge >= 0.3 is 5.69 Å². The van der Waals surface area contributed by atoms with Gasteiger partial charge in [-0.2, -0.15) is 4.31 Å². The molecule has 2 aliphatic rings. The van der Waals surface area contributed by atoms with E-state index in [0.29, 0.717) is 12.5 Å². The van der Waals surface area contributed by atoms with Gasteiger partial charge in [0.05, 0.1) is 4.92 Å². The van der Waals surface area contributed by atoms with Gasteiger partial charge in [-0.05, 0) is 31.6 Å². The Morgan fingerprint density at radius 2 is 2.05 bits per heavy atom. The summed E-state index contributed by atoms with van der Waals surface area (Å²) in [6.45, 7) is 0.526. The van der Waals surface area contributed by atoms with E-state index < -0.39 is 14.9 Å². The molecule has 0 saturated heterocycles. The highest BCUT2D eigenvalue weighted by atomic mass is 32.2. The van der Waals surface area contributed by atoms with Gasteiger partial charge in [0, 0.05) is 18.7 Å². The fourth-order valence-electron chi connectivity index (χ4n) is 2.12.